The third-order valence-corrected chi connectivity index (χ3v) is 3.49. The zero-order valence-corrected chi connectivity index (χ0v) is 12.4. The summed E-state index contributed by atoms with van der Waals surface area (Å²) in [7, 11) is 1.62. The lowest BCUT2D eigenvalue weighted by molar-refractivity contribution is -0.385. The highest BCUT2D eigenvalue weighted by atomic mass is 16.6. The maximum Gasteiger partial charge on any atom is 0.300 e. The summed E-state index contributed by atoms with van der Waals surface area (Å²) in [5.41, 5.74) is 5.01. The minimum Gasteiger partial charge on any atom is -0.384 e. The lowest BCUT2D eigenvalue weighted by atomic mass is 9.87. The Balaban J connectivity index is 3.21. The van der Waals surface area contributed by atoms with Gasteiger partial charge in [-0.25, -0.2) is 4.98 Å². The first-order valence-electron chi connectivity index (χ1n) is 6.22. The molecule has 2 N–H and O–H groups in total. The minimum atomic E-state index is -0.630. The summed E-state index contributed by atoms with van der Waals surface area (Å²) in [6, 6.07) is 1.15. The van der Waals surface area contributed by atoms with Crippen LogP contribution in [0.25, 0.3) is 0 Å². The van der Waals surface area contributed by atoms with E-state index in [-0.39, 0.29) is 28.5 Å². The minimum absolute atomic E-state index is 0.0406. The quantitative estimate of drug-likeness (QED) is 0.674. The average molecular weight is 280 g/mol. The summed E-state index contributed by atoms with van der Waals surface area (Å²) >= 11 is 0. The molecule has 1 heterocycles. The zero-order valence-electron chi connectivity index (χ0n) is 12.4. The first-order valence-corrected chi connectivity index (χ1v) is 6.22. The fourth-order valence-electron chi connectivity index (χ4n) is 1.73. The lowest BCUT2D eigenvalue weighted by Crippen LogP contribution is -2.43. The average Bonchev–Trinajstić information content (AvgIpc) is 2.34. The summed E-state index contributed by atoms with van der Waals surface area (Å²) in [5.74, 6) is -0.357. The number of carbonyl (C=O) groups is 1. The van der Waals surface area contributed by atoms with Crippen LogP contribution < -0.4 is 5.73 Å². The van der Waals surface area contributed by atoms with E-state index >= 15 is 0 Å². The van der Waals surface area contributed by atoms with Crippen molar-refractivity contribution in [3.8, 4) is 0 Å². The summed E-state index contributed by atoms with van der Waals surface area (Å²) in [5, 5.41) is 11.0. The molecular weight excluding hydrogens is 260 g/mol. The van der Waals surface area contributed by atoms with Crippen LogP contribution in [-0.4, -0.2) is 33.8 Å². The van der Waals surface area contributed by atoms with Crippen LogP contribution in [0.4, 0.5) is 11.5 Å². The Morgan fingerprint density at radius 3 is 2.50 bits per heavy atom. The van der Waals surface area contributed by atoms with E-state index in [0.29, 0.717) is 0 Å². The molecule has 0 aromatic carbocycles. The van der Waals surface area contributed by atoms with Gasteiger partial charge in [-0.2, -0.15) is 0 Å². The molecule has 0 aliphatic heterocycles. The van der Waals surface area contributed by atoms with Gasteiger partial charge in [-0.3, -0.25) is 14.9 Å². The van der Waals surface area contributed by atoms with Gasteiger partial charge in [0.1, 0.15) is 17.6 Å². The maximum absolute atomic E-state index is 12.4. The van der Waals surface area contributed by atoms with E-state index in [4.69, 9.17) is 5.73 Å². The van der Waals surface area contributed by atoms with Gasteiger partial charge in [0.25, 0.3) is 11.6 Å². The van der Waals surface area contributed by atoms with Gasteiger partial charge in [0.2, 0.25) is 0 Å². The molecular formula is C13H20N4O3. The molecule has 1 atom stereocenters. The van der Waals surface area contributed by atoms with Crippen LogP contribution >= 0.6 is 0 Å². The number of carbonyl (C=O) groups excluding carboxylic acids is 1. The Bertz CT molecular complexity index is 537. The summed E-state index contributed by atoms with van der Waals surface area (Å²) in [6.45, 7) is 7.89. The Morgan fingerprint density at radius 2 is 2.05 bits per heavy atom. The second-order valence-corrected chi connectivity index (χ2v) is 5.84. The lowest BCUT2D eigenvalue weighted by Gasteiger charge is -2.35. The highest BCUT2D eigenvalue weighted by Crippen LogP contribution is 2.27. The van der Waals surface area contributed by atoms with E-state index in [0.717, 1.165) is 6.20 Å². The molecule has 0 aliphatic carbocycles. The predicted molar refractivity (Wildman–Crippen MR) is 76.3 cm³/mol. The van der Waals surface area contributed by atoms with Crippen LogP contribution in [0.5, 0.6) is 0 Å². The fourth-order valence-corrected chi connectivity index (χ4v) is 1.73. The van der Waals surface area contributed by atoms with Crippen LogP contribution in [0, 0.1) is 15.5 Å². The van der Waals surface area contributed by atoms with E-state index in [1.165, 1.54) is 11.0 Å². The highest BCUT2D eigenvalue weighted by molar-refractivity contribution is 5.98. The standard InChI is InChI=1S/C13H20N4O3/c1-8(13(2,3)4)16(5)12(18)9-6-11(14)15-7-10(9)17(19)20/h6-8H,1-5H3,(H2,14,15). The monoisotopic (exact) mass is 280 g/mol. The molecule has 0 fully saturated rings. The first kappa shape index (κ1) is 15.9. The van der Waals surface area contributed by atoms with Crippen molar-refractivity contribution in [2.75, 3.05) is 12.8 Å². The third kappa shape index (κ3) is 3.23. The maximum atomic E-state index is 12.4. The van der Waals surface area contributed by atoms with Gasteiger partial charge >= 0.3 is 0 Å². The van der Waals surface area contributed by atoms with Crippen molar-refractivity contribution in [1.29, 1.82) is 0 Å². The molecule has 0 spiro atoms. The van der Waals surface area contributed by atoms with Gasteiger partial charge in [-0.1, -0.05) is 20.8 Å². The van der Waals surface area contributed by atoms with Gasteiger partial charge in [0, 0.05) is 13.1 Å². The largest absolute Gasteiger partial charge is 0.384 e. The molecule has 1 unspecified atom stereocenters. The fraction of sp³-hybridized carbons (Fsp3) is 0.538. The molecule has 0 radical (unpaired) electrons. The summed E-state index contributed by atoms with van der Waals surface area (Å²) in [6.07, 6.45) is 1.01. The number of anilines is 1. The van der Waals surface area contributed by atoms with Crippen molar-refractivity contribution >= 4 is 17.4 Å². The van der Waals surface area contributed by atoms with Crippen molar-refractivity contribution in [3.63, 3.8) is 0 Å². The van der Waals surface area contributed by atoms with Crippen LogP contribution in [0.15, 0.2) is 12.3 Å². The van der Waals surface area contributed by atoms with Crippen molar-refractivity contribution in [2.45, 2.75) is 33.7 Å². The van der Waals surface area contributed by atoms with Crippen LogP contribution in [0.3, 0.4) is 0 Å². The molecule has 1 rings (SSSR count). The molecule has 20 heavy (non-hydrogen) atoms. The molecule has 0 bridgehead atoms. The number of pyridine rings is 1. The molecule has 1 aromatic rings. The molecule has 110 valence electrons. The van der Waals surface area contributed by atoms with E-state index < -0.39 is 10.8 Å². The van der Waals surface area contributed by atoms with Crippen LogP contribution in [0.2, 0.25) is 0 Å². The number of hydrogen-bond donors (Lipinski definition) is 1. The number of nitrogens with zero attached hydrogens (tertiary/aromatic N) is 3. The first-order chi connectivity index (χ1) is 9.05. The number of nitro groups is 1. The van der Waals surface area contributed by atoms with Crippen LogP contribution in [-0.2, 0) is 0 Å². The summed E-state index contributed by atoms with van der Waals surface area (Å²) in [4.78, 5) is 27.9. The smallest absolute Gasteiger partial charge is 0.300 e. The number of nitrogen functional groups attached to an aromatic ring is 1. The number of nitrogens with two attached hydrogens (primary N) is 1. The SMILES string of the molecule is CC(N(C)C(=O)c1cc(N)ncc1[N+](=O)[O-])C(C)(C)C. The van der Waals surface area contributed by atoms with Crippen molar-refractivity contribution in [3.05, 3.63) is 27.9 Å². The van der Waals surface area contributed by atoms with Gasteiger partial charge in [0.15, 0.2) is 0 Å². The van der Waals surface area contributed by atoms with Gasteiger partial charge in [-0.15, -0.1) is 0 Å². The Labute approximate surface area is 117 Å². The van der Waals surface area contributed by atoms with Crippen molar-refractivity contribution < 1.29 is 9.72 Å². The molecule has 0 saturated carbocycles. The Hall–Kier alpha value is -2.18. The second-order valence-electron chi connectivity index (χ2n) is 5.84. The van der Waals surface area contributed by atoms with E-state index in [2.05, 4.69) is 4.98 Å². The Morgan fingerprint density at radius 1 is 1.50 bits per heavy atom. The Kier molecular flexibility index (Phi) is 4.32. The molecule has 7 heteroatoms. The molecule has 1 amide bonds. The van der Waals surface area contributed by atoms with Crippen molar-refractivity contribution in [2.24, 2.45) is 5.41 Å². The van der Waals surface area contributed by atoms with Gasteiger partial charge < -0.3 is 10.6 Å². The topological polar surface area (TPSA) is 102 Å². The second kappa shape index (κ2) is 5.44. The zero-order chi connectivity index (χ0) is 15.7. The number of aromatic nitrogens is 1. The molecule has 1 aromatic heterocycles. The van der Waals surface area contributed by atoms with E-state index in [1.54, 1.807) is 7.05 Å². The third-order valence-electron chi connectivity index (χ3n) is 3.49. The van der Waals surface area contributed by atoms with Crippen molar-refractivity contribution in [1.82, 2.24) is 9.88 Å². The van der Waals surface area contributed by atoms with Gasteiger partial charge in [0.05, 0.1) is 4.92 Å². The number of rotatable bonds is 3. The van der Waals surface area contributed by atoms with Crippen LogP contribution in [0.1, 0.15) is 38.1 Å². The number of hydrogen-bond acceptors (Lipinski definition) is 5. The molecule has 0 aliphatic rings. The van der Waals surface area contributed by atoms with E-state index in [1.807, 2.05) is 27.7 Å². The van der Waals surface area contributed by atoms with E-state index in [9.17, 15) is 14.9 Å². The summed E-state index contributed by atoms with van der Waals surface area (Å²) < 4.78 is 0. The highest BCUT2D eigenvalue weighted by Gasteiger charge is 2.31. The normalized spacial score (nSPS) is 12.8. The predicted octanol–water partition coefficient (Wildman–Crippen LogP) is 2.08. The molecule has 0 saturated heterocycles. The van der Waals surface area contributed by atoms with Gasteiger partial charge in [-0.05, 0) is 18.4 Å². The number of amides is 1. The molecule has 7 nitrogen and oxygen atoms in total.